The highest BCUT2D eigenvalue weighted by Gasteiger charge is 2.49. The summed E-state index contributed by atoms with van der Waals surface area (Å²) in [7, 11) is 0. The van der Waals surface area contributed by atoms with E-state index in [1.165, 1.54) is 0 Å². The molecule has 0 radical (unpaired) electrons. The van der Waals surface area contributed by atoms with Gasteiger partial charge in [-0.15, -0.1) is 0 Å². The fourth-order valence-electron chi connectivity index (χ4n) is 2.18. The molecule has 0 saturated carbocycles. The zero-order chi connectivity index (χ0) is 9.47. The van der Waals surface area contributed by atoms with Gasteiger partial charge in [-0.3, -0.25) is 0 Å². The molecule has 0 aliphatic carbocycles. The lowest BCUT2D eigenvalue weighted by Crippen LogP contribution is -2.29. The van der Waals surface area contributed by atoms with Crippen molar-refractivity contribution >= 4 is 5.78 Å². The van der Waals surface area contributed by atoms with Gasteiger partial charge in [-0.05, 0) is 26.7 Å². The van der Waals surface area contributed by atoms with Crippen LogP contribution in [0, 0.1) is 0 Å². The van der Waals surface area contributed by atoms with E-state index in [4.69, 9.17) is 9.47 Å². The third-order valence-electron chi connectivity index (χ3n) is 2.88. The number of hydrogen-bond donors (Lipinski definition) is 0. The molecule has 2 saturated heterocycles. The van der Waals surface area contributed by atoms with Crippen molar-refractivity contribution in [3.63, 3.8) is 0 Å². The molecule has 2 aliphatic rings. The van der Waals surface area contributed by atoms with Crippen molar-refractivity contribution in [2.24, 2.45) is 0 Å². The third-order valence-corrected chi connectivity index (χ3v) is 2.88. The Bertz CT molecular complexity index is 226. The lowest BCUT2D eigenvalue weighted by molar-refractivity contribution is -0.144. The summed E-state index contributed by atoms with van der Waals surface area (Å²) in [6.45, 7) is 3.61. The van der Waals surface area contributed by atoms with E-state index in [1.54, 1.807) is 6.92 Å². The normalized spacial score (nSPS) is 42.6. The van der Waals surface area contributed by atoms with Gasteiger partial charge in [-0.1, -0.05) is 0 Å². The van der Waals surface area contributed by atoms with Crippen molar-refractivity contribution in [3.05, 3.63) is 0 Å². The van der Waals surface area contributed by atoms with Gasteiger partial charge in [0.15, 0.2) is 5.79 Å². The summed E-state index contributed by atoms with van der Waals surface area (Å²) in [5.41, 5.74) is 0. The van der Waals surface area contributed by atoms with Crippen molar-refractivity contribution < 1.29 is 14.3 Å². The number of carbonyl (C=O) groups is 1. The first-order valence-corrected chi connectivity index (χ1v) is 4.94. The van der Waals surface area contributed by atoms with E-state index in [0.29, 0.717) is 6.42 Å². The summed E-state index contributed by atoms with van der Waals surface area (Å²) in [5.74, 6) is -0.108. The molecule has 0 aromatic rings. The van der Waals surface area contributed by atoms with Gasteiger partial charge in [0.2, 0.25) is 0 Å². The Morgan fingerprint density at radius 3 is 2.77 bits per heavy atom. The van der Waals surface area contributed by atoms with Gasteiger partial charge < -0.3 is 14.3 Å². The molecule has 74 valence electrons. The fourth-order valence-corrected chi connectivity index (χ4v) is 2.18. The van der Waals surface area contributed by atoms with Crippen molar-refractivity contribution in [2.75, 3.05) is 0 Å². The van der Waals surface area contributed by atoms with Crippen LogP contribution < -0.4 is 0 Å². The van der Waals surface area contributed by atoms with Crippen LogP contribution in [0.5, 0.6) is 0 Å². The summed E-state index contributed by atoms with van der Waals surface area (Å²) >= 11 is 0. The third kappa shape index (κ3) is 1.76. The molecule has 2 bridgehead atoms. The fraction of sp³-hybridized carbons (Fsp3) is 0.900. The molecule has 2 heterocycles. The van der Waals surface area contributed by atoms with E-state index in [1.807, 2.05) is 6.92 Å². The van der Waals surface area contributed by atoms with Crippen LogP contribution in [0.1, 0.15) is 39.5 Å². The van der Waals surface area contributed by atoms with Crippen molar-refractivity contribution in [1.29, 1.82) is 0 Å². The highest BCUT2D eigenvalue weighted by molar-refractivity contribution is 5.75. The van der Waals surface area contributed by atoms with Crippen LogP contribution in [-0.4, -0.2) is 23.8 Å². The molecule has 0 aromatic heterocycles. The zero-order valence-electron chi connectivity index (χ0n) is 8.21. The molecule has 0 unspecified atom stereocenters. The minimum absolute atomic E-state index is 0.155. The molecule has 0 N–H and O–H groups in total. The van der Waals surface area contributed by atoms with Gasteiger partial charge in [0.1, 0.15) is 5.78 Å². The maximum absolute atomic E-state index is 10.8. The van der Waals surface area contributed by atoms with Gasteiger partial charge in [-0.2, -0.15) is 0 Å². The Hall–Kier alpha value is -0.410. The van der Waals surface area contributed by atoms with Crippen molar-refractivity contribution in [2.45, 2.75) is 57.5 Å². The molecule has 2 fully saturated rings. The molecule has 3 atom stereocenters. The number of Topliss-reactive ketones (excluding diaryl/α,β-unsaturated/α-hetero) is 1. The second-order valence-electron chi connectivity index (χ2n) is 4.23. The number of rotatable bonds is 3. The van der Waals surface area contributed by atoms with E-state index >= 15 is 0 Å². The molecule has 2 rings (SSSR count). The van der Waals surface area contributed by atoms with Crippen molar-refractivity contribution in [1.82, 2.24) is 0 Å². The first kappa shape index (κ1) is 9.16. The van der Waals surface area contributed by atoms with Crippen LogP contribution >= 0.6 is 0 Å². The quantitative estimate of drug-likeness (QED) is 0.669. The molecule has 0 amide bonds. The first-order valence-electron chi connectivity index (χ1n) is 4.94. The molecule has 0 spiro atoms. The molecular formula is C10H16O3. The van der Waals surface area contributed by atoms with Crippen molar-refractivity contribution in [3.8, 4) is 0 Å². The molecular weight excluding hydrogens is 168 g/mol. The SMILES string of the molecule is CC(=O)CC[C@H]1O[C@]2(C)CC[C@H]1O2. The number of fused-ring (bicyclic) bond motifs is 2. The van der Waals surface area contributed by atoms with Crippen LogP contribution in [0.3, 0.4) is 0 Å². The van der Waals surface area contributed by atoms with Gasteiger partial charge in [0.05, 0.1) is 12.2 Å². The Balaban J connectivity index is 1.87. The summed E-state index contributed by atoms with van der Waals surface area (Å²) in [6, 6.07) is 0. The molecule has 2 aliphatic heterocycles. The number of carbonyl (C=O) groups excluding carboxylic acids is 1. The Morgan fingerprint density at radius 2 is 2.31 bits per heavy atom. The maximum atomic E-state index is 10.8. The smallest absolute Gasteiger partial charge is 0.166 e. The van der Waals surface area contributed by atoms with Gasteiger partial charge in [0.25, 0.3) is 0 Å². The van der Waals surface area contributed by atoms with E-state index in [9.17, 15) is 4.79 Å². The lowest BCUT2D eigenvalue weighted by atomic mass is 10.0. The standard InChI is InChI=1S/C10H16O3/c1-7(11)3-4-8-9-5-6-10(2,12-8)13-9/h8-9H,3-6H2,1-2H3/t8-,9-,10+/m1/s1. The Kier molecular flexibility index (Phi) is 2.16. The molecule has 3 nitrogen and oxygen atoms in total. The minimum Gasteiger partial charge on any atom is -0.344 e. The van der Waals surface area contributed by atoms with E-state index < -0.39 is 0 Å². The molecule has 0 aromatic carbocycles. The van der Waals surface area contributed by atoms with Gasteiger partial charge in [-0.25, -0.2) is 0 Å². The summed E-state index contributed by atoms with van der Waals surface area (Å²) in [6.07, 6.45) is 3.90. The second kappa shape index (κ2) is 3.07. The second-order valence-corrected chi connectivity index (χ2v) is 4.23. The minimum atomic E-state index is -0.341. The topological polar surface area (TPSA) is 35.5 Å². The van der Waals surface area contributed by atoms with Crippen LogP contribution in [0.4, 0.5) is 0 Å². The summed E-state index contributed by atoms with van der Waals surface area (Å²) in [5, 5.41) is 0. The summed E-state index contributed by atoms with van der Waals surface area (Å²) in [4.78, 5) is 10.8. The summed E-state index contributed by atoms with van der Waals surface area (Å²) < 4.78 is 11.4. The van der Waals surface area contributed by atoms with Gasteiger partial charge >= 0.3 is 0 Å². The average Bonchev–Trinajstić information content (AvgIpc) is 2.55. The maximum Gasteiger partial charge on any atom is 0.166 e. The molecule has 13 heavy (non-hydrogen) atoms. The van der Waals surface area contributed by atoms with E-state index in [2.05, 4.69) is 0 Å². The Morgan fingerprint density at radius 1 is 1.54 bits per heavy atom. The average molecular weight is 184 g/mol. The highest BCUT2D eigenvalue weighted by atomic mass is 16.8. The molecule has 3 heteroatoms. The van der Waals surface area contributed by atoms with Crippen LogP contribution in [-0.2, 0) is 14.3 Å². The number of ketones is 1. The van der Waals surface area contributed by atoms with Crippen LogP contribution in [0.15, 0.2) is 0 Å². The monoisotopic (exact) mass is 184 g/mol. The predicted octanol–water partition coefficient (Wildman–Crippen LogP) is 1.65. The van der Waals surface area contributed by atoms with E-state index in [0.717, 1.165) is 19.3 Å². The first-order chi connectivity index (χ1) is 6.09. The van der Waals surface area contributed by atoms with Crippen LogP contribution in [0.2, 0.25) is 0 Å². The number of ether oxygens (including phenoxy) is 2. The highest BCUT2D eigenvalue weighted by Crippen LogP contribution is 2.43. The largest absolute Gasteiger partial charge is 0.344 e. The van der Waals surface area contributed by atoms with Crippen LogP contribution in [0.25, 0.3) is 0 Å². The zero-order valence-corrected chi connectivity index (χ0v) is 8.21. The predicted molar refractivity (Wildman–Crippen MR) is 47.3 cm³/mol. The van der Waals surface area contributed by atoms with E-state index in [-0.39, 0.29) is 23.8 Å². The lowest BCUT2D eigenvalue weighted by Gasteiger charge is -2.23. The number of hydrogen-bond acceptors (Lipinski definition) is 3. The van der Waals surface area contributed by atoms with Gasteiger partial charge in [0, 0.05) is 12.8 Å². The Labute approximate surface area is 78.4 Å².